The number of rotatable bonds is 4. The van der Waals surface area contributed by atoms with Crippen molar-refractivity contribution in [1.29, 1.82) is 0 Å². The van der Waals surface area contributed by atoms with Gasteiger partial charge in [0.05, 0.1) is 23.7 Å². The van der Waals surface area contributed by atoms with Crippen molar-refractivity contribution in [2.75, 3.05) is 18.0 Å². The largest absolute Gasteiger partial charge is 0.387 e. The van der Waals surface area contributed by atoms with Crippen LogP contribution in [0.5, 0.6) is 0 Å². The molecule has 0 aliphatic carbocycles. The maximum atomic E-state index is 9.69. The molecule has 2 heterocycles. The zero-order chi connectivity index (χ0) is 12.3. The molecule has 0 amide bonds. The van der Waals surface area contributed by atoms with E-state index in [9.17, 15) is 5.11 Å². The standard InChI is InChI=1S/C14H22N2O/c1-3-11-7-8-16(10-11)12-5-6-13(15-9-12)14(17)4-2/h5-6,9,11,14,17H,3-4,7-8,10H2,1-2H3/t11?,14-/m1/s1. The molecule has 1 aromatic rings. The minimum atomic E-state index is -0.425. The summed E-state index contributed by atoms with van der Waals surface area (Å²) in [4.78, 5) is 6.75. The van der Waals surface area contributed by atoms with Crippen molar-refractivity contribution >= 4 is 5.69 Å². The number of nitrogens with zero attached hydrogens (tertiary/aromatic N) is 2. The quantitative estimate of drug-likeness (QED) is 0.870. The third-order valence-electron chi connectivity index (χ3n) is 3.73. The van der Waals surface area contributed by atoms with Gasteiger partial charge < -0.3 is 10.0 Å². The van der Waals surface area contributed by atoms with Crippen LogP contribution in [0.15, 0.2) is 18.3 Å². The van der Waals surface area contributed by atoms with E-state index in [4.69, 9.17) is 0 Å². The number of hydrogen-bond donors (Lipinski definition) is 1. The highest BCUT2D eigenvalue weighted by atomic mass is 16.3. The van der Waals surface area contributed by atoms with E-state index in [0.29, 0.717) is 6.42 Å². The molecule has 0 saturated carbocycles. The Morgan fingerprint density at radius 1 is 1.47 bits per heavy atom. The molecule has 1 N–H and O–H groups in total. The highest BCUT2D eigenvalue weighted by molar-refractivity contribution is 5.45. The van der Waals surface area contributed by atoms with Crippen molar-refractivity contribution < 1.29 is 5.11 Å². The normalized spacial score (nSPS) is 21.8. The van der Waals surface area contributed by atoms with Crippen LogP contribution >= 0.6 is 0 Å². The minimum absolute atomic E-state index is 0.425. The number of aliphatic hydroxyl groups excluding tert-OH is 1. The molecule has 1 aliphatic rings. The Hall–Kier alpha value is -1.09. The Balaban J connectivity index is 2.03. The van der Waals surface area contributed by atoms with Crippen molar-refractivity contribution in [3.63, 3.8) is 0 Å². The third kappa shape index (κ3) is 2.78. The number of pyridine rings is 1. The first-order valence-corrected chi connectivity index (χ1v) is 6.63. The van der Waals surface area contributed by atoms with Crippen LogP contribution in [0, 0.1) is 5.92 Å². The van der Waals surface area contributed by atoms with Gasteiger partial charge in [0.1, 0.15) is 0 Å². The van der Waals surface area contributed by atoms with Crippen molar-refractivity contribution in [3.8, 4) is 0 Å². The first kappa shape index (κ1) is 12.4. The molecule has 1 saturated heterocycles. The predicted molar refractivity (Wildman–Crippen MR) is 70.1 cm³/mol. The van der Waals surface area contributed by atoms with E-state index in [1.54, 1.807) is 0 Å². The van der Waals surface area contributed by atoms with Gasteiger partial charge in [-0.25, -0.2) is 0 Å². The molecule has 3 heteroatoms. The number of anilines is 1. The summed E-state index contributed by atoms with van der Waals surface area (Å²) >= 11 is 0. The van der Waals surface area contributed by atoms with E-state index in [-0.39, 0.29) is 0 Å². The molecule has 17 heavy (non-hydrogen) atoms. The molecule has 0 aromatic carbocycles. The minimum Gasteiger partial charge on any atom is -0.387 e. The Morgan fingerprint density at radius 3 is 2.82 bits per heavy atom. The maximum absolute atomic E-state index is 9.69. The lowest BCUT2D eigenvalue weighted by molar-refractivity contribution is 0.169. The zero-order valence-corrected chi connectivity index (χ0v) is 10.8. The van der Waals surface area contributed by atoms with E-state index in [1.165, 1.54) is 18.5 Å². The molecule has 1 aliphatic heterocycles. The molecule has 1 aromatic heterocycles. The average Bonchev–Trinajstić information content (AvgIpc) is 2.87. The molecular formula is C14H22N2O. The van der Waals surface area contributed by atoms with Gasteiger partial charge >= 0.3 is 0 Å². The Morgan fingerprint density at radius 2 is 2.29 bits per heavy atom. The Bertz CT molecular complexity index is 350. The smallest absolute Gasteiger partial charge is 0.0957 e. The van der Waals surface area contributed by atoms with Gasteiger partial charge in [0.15, 0.2) is 0 Å². The van der Waals surface area contributed by atoms with Crippen molar-refractivity contribution in [2.45, 2.75) is 39.2 Å². The Labute approximate surface area is 103 Å². The zero-order valence-electron chi connectivity index (χ0n) is 10.8. The summed E-state index contributed by atoms with van der Waals surface area (Å²) in [5, 5.41) is 9.69. The second kappa shape index (κ2) is 5.50. The van der Waals surface area contributed by atoms with Gasteiger partial charge in [0.25, 0.3) is 0 Å². The van der Waals surface area contributed by atoms with Gasteiger partial charge in [-0.1, -0.05) is 20.3 Å². The van der Waals surface area contributed by atoms with Crippen molar-refractivity contribution in [2.24, 2.45) is 5.92 Å². The van der Waals surface area contributed by atoms with E-state index in [2.05, 4.69) is 22.9 Å². The molecule has 3 nitrogen and oxygen atoms in total. The van der Waals surface area contributed by atoms with Crippen LogP contribution in [0.4, 0.5) is 5.69 Å². The van der Waals surface area contributed by atoms with Gasteiger partial charge in [-0.05, 0) is 30.9 Å². The molecular weight excluding hydrogens is 212 g/mol. The molecule has 2 rings (SSSR count). The summed E-state index contributed by atoms with van der Waals surface area (Å²) in [7, 11) is 0. The lowest BCUT2D eigenvalue weighted by atomic mass is 10.1. The second-order valence-corrected chi connectivity index (χ2v) is 4.87. The van der Waals surface area contributed by atoms with Crippen LogP contribution in [-0.4, -0.2) is 23.2 Å². The van der Waals surface area contributed by atoms with Crippen LogP contribution < -0.4 is 4.90 Å². The van der Waals surface area contributed by atoms with Crippen LogP contribution in [0.3, 0.4) is 0 Å². The number of aliphatic hydroxyl groups is 1. The van der Waals surface area contributed by atoms with Crippen LogP contribution in [0.25, 0.3) is 0 Å². The molecule has 0 spiro atoms. The van der Waals surface area contributed by atoms with Gasteiger partial charge in [-0.15, -0.1) is 0 Å². The highest BCUT2D eigenvalue weighted by Gasteiger charge is 2.21. The van der Waals surface area contributed by atoms with Gasteiger partial charge in [-0.3, -0.25) is 4.98 Å². The molecule has 0 radical (unpaired) electrons. The SMILES string of the molecule is CCC1CCN(c2ccc([C@H](O)CC)nc2)C1. The van der Waals surface area contributed by atoms with Crippen molar-refractivity contribution in [1.82, 2.24) is 4.98 Å². The fraction of sp³-hybridized carbons (Fsp3) is 0.643. The van der Waals surface area contributed by atoms with Crippen molar-refractivity contribution in [3.05, 3.63) is 24.0 Å². The first-order chi connectivity index (χ1) is 8.24. The summed E-state index contributed by atoms with van der Waals surface area (Å²) in [6.45, 7) is 6.50. The van der Waals surface area contributed by atoms with Gasteiger partial charge in [-0.2, -0.15) is 0 Å². The number of hydrogen-bond acceptors (Lipinski definition) is 3. The lowest BCUT2D eigenvalue weighted by Gasteiger charge is -2.18. The van der Waals surface area contributed by atoms with Gasteiger partial charge in [0.2, 0.25) is 0 Å². The number of aromatic nitrogens is 1. The monoisotopic (exact) mass is 234 g/mol. The molecule has 2 atom stereocenters. The van der Waals surface area contributed by atoms with E-state index >= 15 is 0 Å². The average molecular weight is 234 g/mol. The fourth-order valence-electron chi connectivity index (χ4n) is 2.39. The topological polar surface area (TPSA) is 36.4 Å². The first-order valence-electron chi connectivity index (χ1n) is 6.63. The van der Waals surface area contributed by atoms with Crippen LogP contribution in [-0.2, 0) is 0 Å². The second-order valence-electron chi connectivity index (χ2n) is 4.87. The lowest BCUT2D eigenvalue weighted by Crippen LogP contribution is -2.19. The molecule has 1 unspecified atom stereocenters. The molecule has 1 fully saturated rings. The highest BCUT2D eigenvalue weighted by Crippen LogP contribution is 2.25. The van der Waals surface area contributed by atoms with Crippen LogP contribution in [0.2, 0.25) is 0 Å². The molecule has 94 valence electrons. The van der Waals surface area contributed by atoms with E-state index in [1.807, 2.05) is 19.2 Å². The maximum Gasteiger partial charge on any atom is 0.0957 e. The summed E-state index contributed by atoms with van der Waals surface area (Å²) < 4.78 is 0. The summed E-state index contributed by atoms with van der Waals surface area (Å²) in [5.74, 6) is 0.830. The molecule has 0 bridgehead atoms. The van der Waals surface area contributed by atoms with E-state index < -0.39 is 6.10 Å². The van der Waals surface area contributed by atoms with Crippen LogP contribution in [0.1, 0.15) is 44.9 Å². The fourth-order valence-corrected chi connectivity index (χ4v) is 2.39. The summed E-state index contributed by atoms with van der Waals surface area (Å²) in [5.41, 5.74) is 1.97. The van der Waals surface area contributed by atoms with Gasteiger partial charge in [0, 0.05) is 13.1 Å². The predicted octanol–water partition coefficient (Wildman–Crippen LogP) is 2.76. The van der Waals surface area contributed by atoms with E-state index in [0.717, 1.165) is 24.7 Å². The Kier molecular flexibility index (Phi) is 4.00. The third-order valence-corrected chi connectivity index (χ3v) is 3.73. The summed E-state index contributed by atoms with van der Waals surface area (Å²) in [6, 6.07) is 4.03. The summed E-state index contributed by atoms with van der Waals surface area (Å²) in [6.07, 6.45) is 4.73.